The highest BCUT2D eigenvalue weighted by Gasteiger charge is 2.19. The number of thiazole rings is 1. The molecule has 4 rings (SSSR count). The van der Waals surface area contributed by atoms with Gasteiger partial charge in [-0.25, -0.2) is 9.97 Å². The van der Waals surface area contributed by atoms with E-state index in [0.29, 0.717) is 16.3 Å². The van der Waals surface area contributed by atoms with Crippen LogP contribution < -0.4 is 5.32 Å². The molecule has 1 aromatic carbocycles. The topological polar surface area (TPSA) is 72.7 Å². The highest BCUT2D eigenvalue weighted by atomic mass is 32.1. The van der Waals surface area contributed by atoms with Gasteiger partial charge in [0.1, 0.15) is 0 Å². The number of hydrogen-bond acceptors (Lipinski definition) is 5. The Labute approximate surface area is 167 Å². The molecule has 6 nitrogen and oxygen atoms in total. The number of amides is 1. The molecule has 0 atom stereocenters. The first-order chi connectivity index (χ1) is 13.5. The van der Waals surface area contributed by atoms with Gasteiger partial charge in [0, 0.05) is 23.7 Å². The molecule has 0 bridgehead atoms. The Balaban J connectivity index is 1.63. The van der Waals surface area contributed by atoms with Crippen LogP contribution in [0, 0.1) is 13.8 Å². The minimum atomic E-state index is -0.200. The van der Waals surface area contributed by atoms with E-state index < -0.39 is 0 Å². The fourth-order valence-corrected chi connectivity index (χ4v) is 4.00. The van der Waals surface area contributed by atoms with Crippen LogP contribution in [0.4, 0.5) is 5.13 Å². The van der Waals surface area contributed by atoms with Crippen LogP contribution in [0.1, 0.15) is 34.2 Å². The van der Waals surface area contributed by atoms with Gasteiger partial charge in [-0.3, -0.25) is 14.8 Å². The lowest BCUT2D eigenvalue weighted by atomic mass is 10.1. The Morgan fingerprint density at radius 1 is 1.18 bits per heavy atom. The highest BCUT2D eigenvalue weighted by molar-refractivity contribution is 7.14. The summed E-state index contributed by atoms with van der Waals surface area (Å²) in [6.45, 7) is 5.89. The van der Waals surface area contributed by atoms with Gasteiger partial charge in [-0.05, 0) is 31.9 Å². The van der Waals surface area contributed by atoms with Gasteiger partial charge in [-0.2, -0.15) is 5.10 Å². The number of carbonyl (C=O) groups excluding carboxylic acids is 1. The predicted molar refractivity (Wildman–Crippen MR) is 113 cm³/mol. The maximum Gasteiger partial charge on any atom is 0.258 e. The van der Waals surface area contributed by atoms with Crippen LogP contribution in [-0.4, -0.2) is 25.7 Å². The Morgan fingerprint density at radius 2 is 1.93 bits per heavy atom. The summed E-state index contributed by atoms with van der Waals surface area (Å²) in [5, 5.41) is 10.6. The van der Waals surface area contributed by atoms with Crippen molar-refractivity contribution in [3.05, 3.63) is 58.2 Å². The molecule has 7 heteroatoms. The van der Waals surface area contributed by atoms with Crippen LogP contribution >= 0.6 is 11.3 Å². The van der Waals surface area contributed by atoms with E-state index in [1.54, 1.807) is 10.7 Å². The second-order valence-electron chi connectivity index (χ2n) is 6.76. The third kappa shape index (κ3) is 3.29. The number of aromatic nitrogens is 4. The molecule has 0 aliphatic carbocycles. The molecule has 1 N–H and O–H groups in total. The zero-order chi connectivity index (χ0) is 19.8. The number of hydrogen-bond donors (Lipinski definition) is 1. The van der Waals surface area contributed by atoms with Crippen LogP contribution in [0.2, 0.25) is 0 Å². The Kier molecular flexibility index (Phi) is 4.68. The largest absolute Gasteiger partial charge is 0.298 e. The number of rotatable bonds is 4. The lowest BCUT2D eigenvalue weighted by molar-refractivity contribution is 0.102. The second-order valence-corrected chi connectivity index (χ2v) is 7.62. The second kappa shape index (κ2) is 7.16. The molecule has 0 radical (unpaired) electrons. The number of fused-ring (bicyclic) bond motifs is 1. The van der Waals surface area contributed by atoms with Crippen molar-refractivity contribution in [2.45, 2.75) is 27.2 Å². The van der Waals surface area contributed by atoms with E-state index in [2.05, 4.69) is 51.6 Å². The summed E-state index contributed by atoms with van der Waals surface area (Å²) in [6, 6.07) is 10.1. The molecule has 0 aliphatic heterocycles. The Hall–Kier alpha value is -3.06. The van der Waals surface area contributed by atoms with Gasteiger partial charge < -0.3 is 0 Å². The van der Waals surface area contributed by atoms with E-state index in [0.717, 1.165) is 34.5 Å². The van der Waals surface area contributed by atoms with Crippen molar-refractivity contribution < 1.29 is 4.79 Å². The molecule has 0 aliphatic rings. The van der Waals surface area contributed by atoms with E-state index in [4.69, 9.17) is 0 Å². The first-order valence-electron chi connectivity index (χ1n) is 9.13. The molecule has 0 saturated heterocycles. The lowest BCUT2D eigenvalue weighted by Crippen LogP contribution is -2.13. The summed E-state index contributed by atoms with van der Waals surface area (Å²) in [5.41, 5.74) is 6.02. The summed E-state index contributed by atoms with van der Waals surface area (Å²) in [4.78, 5) is 22.1. The fraction of sp³-hybridized carbons (Fsp3) is 0.238. The van der Waals surface area contributed by atoms with Gasteiger partial charge in [0.15, 0.2) is 10.8 Å². The zero-order valence-corrected chi connectivity index (χ0v) is 17.1. The maximum absolute atomic E-state index is 13.0. The van der Waals surface area contributed by atoms with Crippen LogP contribution in [-0.2, 0) is 13.5 Å². The van der Waals surface area contributed by atoms with Crippen LogP contribution in [0.5, 0.6) is 0 Å². The molecule has 0 unspecified atom stereocenters. The molecular formula is C21H21N5OS. The standard InChI is InChI=1S/C21H21N5OS/c1-5-14-6-8-15(9-7-14)17-11-28-21(23-17)24-20(27)16-10-12(2)22-19-18(16)13(3)25-26(19)4/h6-11H,5H2,1-4H3,(H,23,24,27). The quantitative estimate of drug-likeness (QED) is 0.555. The molecule has 3 heterocycles. The molecule has 142 valence electrons. The molecular weight excluding hydrogens is 370 g/mol. The number of carbonyl (C=O) groups is 1. The summed E-state index contributed by atoms with van der Waals surface area (Å²) in [7, 11) is 1.83. The van der Waals surface area contributed by atoms with E-state index in [-0.39, 0.29) is 5.91 Å². The molecule has 3 aromatic heterocycles. The number of benzene rings is 1. The molecule has 28 heavy (non-hydrogen) atoms. The average Bonchev–Trinajstić information content (AvgIpc) is 3.26. The van der Waals surface area contributed by atoms with Crippen LogP contribution in [0.3, 0.4) is 0 Å². The smallest absolute Gasteiger partial charge is 0.258 e. The summed E-state index contributed by atoms with van der Waals surface area (Å²) in [5.74, 6) is -0.200. The number of nitrogens with one attached hydrogen (secondary N) is 1. The normalized spacial score (nSPS) is 11.1. The predicted octanol–water partition coefficient (Wildman–Crippen LogP) is 4.52. The van der Waals surface area contributed by atoms with Gasteiger partial charge in [-0.15, -0.1) is 11.3 Å². The third-order valence-corrected chi connectivity index (χ3v) is 5.48. The van der Waals surface area contributed by atoms with Crippen molar-refractivity contribution in [1.29, 1.82) is 0 Å². The molecule has 0 spiro atoms. The monoisotopic (exact) mass is 391 g/mol. The van der Waals surface area contributed by atoms with Gasteiger partial charge in [-0.1, -0.05) is 31.2 Å². The van der Waals surface area contributed by atoms with Gasteiger partial charge in [0.25, 0.3) is 5.91 Å². The molecule has 4 aromatic rings. The van der Waals surface area contributed by atoms with Crippen molar-refractivity contribution in [2.75, 3.05) is 5.32 Å². The van der Waals surface area contributed by atoms with Gasteiger partial charge in [0.2, 0.25) is 0 Å². The van der Waals surface area contributed by atoms with Crippen molar-refractivity contribution >= 4 is 33.4 Å². The Morgan fingerprint density at radius 3 is 2.64 bits per heavy atom. The zero-order valence-electron chi connectivity index (χ0n) is 16.3. The molecule has 1 amide bonds. The summed E-state index contributed by atoms with van der Waals surface area (Å²) in [6.07, 6.45) is 1.01. The first-order valence-corrected chi connectivity index (χ1v) is 10.0. The van der Waals surface area contributed by atoms with Gasteiger partial charge >= 0.3 is 0 Å². The van der Waals surface area contributed by atoms with Crippen molar-refractivity contribution in [2.24, 2.45) is 7.05 Å². The lowest BCUT2D eigenvalue weighted by Gasteiger charge is -2.06. The number of aryl methyl sites for hydroxylation is 4. The molecule has 0 saturated carbocycles. The Bertz CT molecular complexity index is 1170. The maximum atomic E-state index is 13.0. The van der Waals surface area contributed by atoms with Crippen molar-refractivity contribution in [1.82, 2.24) is 19.7 Å². The SMILES string of the molecule is CCc1ccc(-c2csc(NC(=O)c3cc(C)nc4c3c(C)nn4C)n2)cc1. The van der Waals surface area contributed by atoms with Gasteiger partial charge in [0.05, 0.1) is 22.3 Å². The minimum absolute atomic E-state index is 0.200. The fourth-order valence-electron chi connectivity index (χ4n) is 3.29. The summed E-state index contributed by atoms with van der Waals surface area (Å²) < 4.78 is 1.70. The minimum Gasteiger partial charge on any atom is -0.298 e. The number of nitrogens with zero attached hydrogens (tertiary/aromatic N) is 4. The third-order valence-electron chi connectivity index (χ3n) is 4.72. The number of anilines is 1. The van der Waals surface area contributed by atoms with E-state index in [1.807, 2.05) is 26.3 Å². The first kappa shape index (κ1) is 18.3. The van der Waals surface area contributed by atoms with Crippen LogP contribution in [0.25, 0.3) is 22.3 Å². The van der Waals surface area contributed by atoms with E-state index in [9.17, 15) is 4.79 Å². The number of pyridine rings is 1. The van der Waals surface area contributed by atoms with E-state index in [1.165, 1.54) is 16.9 Å². The van der Waals surface area contributed by atoms with Crippen LogP contribution in [0.15, 0.2) is 35.7 Å². The summed E-state index contributed by atoms with van der Waals surface area (Å²) >= 11 is 1.42. The average molecular weight is 392 g/mol. The van der Waals surface area contributed by atoms with Crippen molar-refractivity contribution in [3.8, 4) is 11.3 Å². The molecule has 0 fully saturated rings. The van der Waals surface area contributed by atoms with E-state index >= 15 is 0 Å². The highest BCUT2D eigenvalue weighted by Crippen LogP contribution is 2.27. The van der Waals surface area contributed by atoms with Crippen molar-refractivity contribution in [3.63, 3.8) is 0 Å².